The molecule has 2 N–H and O–H groups in total. The Morgan fingerprint density at radius 3 is 2.52 bits per heavy atom. The van der Waals surface area contributed by atoms with Gasteiger partial charge in [0.25, 0.3) is 0 Å². The topological polar surface area (TPSA) is 77.8 Å². The van der Waals surface area contributed by atoms with Gasteiger partial charge in [0, 0.05) is 17.1 Å². The largest absolute Gasteiger partial charge is 0.480 e. The molecule has 8 heteroatoms. The Morgan fingerprint density at radius 2 is 1.93 bits per heavy atom. The molecule has 1 amide bonds. The number of thioether (sulfide) groups is 2. The Balaban J connectivity index is 1.76. The van der Waals surface area contributed by atoms with Crippen LogP contribution in [0, 0.1) is 5.92 Å². The van der Waals surface area contributed by atoms with Gasteiger partial charge in [-0.3, -0.25) is 4.79 Å². The van der Waals surface area contributed by atoms with Crippen molar-refractivity contribution in [1.82, 2.24) is 4.90 Å². The molecule has 2 aliphatic rings. The van der Waals surface area contributed by atoms with Gasteiger partial charge < -0.3 is 19.6 Å². The third-order valence-corrected chi connectivity index (χ3v) is 9.39. The first-order valence-electron chi connectivity index (χ1n) is 10.3. The third kappa shape index (κ3) is 4.31. The molecule has 2 saturated heterocycles. The summed E-state index contributed by atoms with van der Waals surface area (Å²) in [5, 5.41) is 18.8. The third-order valence-electron chi connectivity index (χ3n) is 6.40. The predicted octanol–water partition coefficient (Wildman–Crippen LogP) is 2.85. The van der Waals surface area contributed by atoms with Crippen molar-refractivity contribution in [3.05, 3.63) is 29.8 Å². The fraction of sp³-hybridized carbons (Fsp3) is 0.619. The first-order chi connectivity index (χ1) is 13.9. The zero-order valence-electron chi connectivity index (χ0n) is 17.3. The highest BCUT2D eigenvalue weighted by Gasteiger charge is 2.60. The molecule has 0 saturated carbocycles. The Morgan fingerprint density at radius 1 is 1.24 bits per heavy atom. The molecule has 0 aliphatic carbocycles. The zero-order valence-corrected chi connectivity index (χ0v) is 18.9. The minimum atomic E-state index is -0.955. The van der Waals surface area contributed by atoms with Crippen molar-refractivity contribution in [3.63, 3.8) is 0 Å². The summed E-state index contributed by atoms with van der Waals surface area (Å²) in [5.74, 6) is -1.36. The van der Waals surface area contributed by atoms with Gasteiger partial charge in [0.05, 0.1) is 35.5 Å². The number of amides is 1. The van der Waals surface area contributed by atoms with Crippen molar-refractivity contribution in [2.24, 2.45) is 5.92 Å². The number of fused-ring (bicyclic) bond motifs is 1. The summed E-state index contributed by atoms with van der Waals surface area (Å²) >= 11 is 3.09. The number of hydrogen-bond acceptors (Lipinski definition) is 5. The summed E-state index contributed by atoms with van der Waals surface area (Å²) in [7, 11) is 0. The Kier molecular flexibility index (Phi) is 7.19. The van der Waals surface area contributed by atoms with Crippen molar-refractivity contribution in [1.29, 1.82) is 0 Å². The van der Waals surface area contributed by atoms with Crippen molar-refractivity contribution in [2.75, 3.05) is 26.2 Å². The number of aliphatic carboxylic acids is 1. The van der Waals surface area contributed by atoms with E-state index >= 15 is 0 Å². The lowest BCUT2D eigenvalue weighted by Crippen LogP contribution is -2.61. The number of carbonyl (C=O) groups excluding carboxylic acids is 1. The van der Waals surface area contributed by atoms with Crippen LogP contribution in [-0.4, -0.2) is 73.7 Å². The Bertz CT molecular complexity index is 748. The molecule has 0 radical (unpaired) electrons. The molecule has 0 spiro atoms. The van der Waals surface area contributed by atoms with Crippen LogP contribution < -0.4 is 0 Å². The van der Waals surface area contributed by atoms with E-state index in [4.69, 9.17) is 0 Å². The number of aliphatic hydroxyl groups excluding tert-OH is 1. The van der Waals surface area contributed by atoms with E-state index < -0.39 is 12.0 Å². The number of hydrogen-bond donors (Lipinski definition) is 2. The molecule has 29 heavy (non-hydrogen) atoms. The van der Waals surface area contributed by atoms with Gasteiger partial charge in [-0.2, -0.15) is 0 Å². The average Bonchev–Trinajstić information content (AvgIpc) is 3.05. The molecule has 1 aromatic rings. The fourth-order valence-electron chi connectivity index (χ4n) is 4.33. The van der Waals surface area contributed by atoms with Gasteiger partial charge in [-0.15, -0.1) is 23.5 Å². The minimum Gasteiger partial charge on any atom is -0.480 e. The highest BCUT2D eigenvalue weighted by molar-refractivity contribution is 8.17. The molecule has 3 unspecified atom stereocenters. The van der Waals surface area contributed by atoms with Crippen LogP contribution >= 0.6 is 23.5 Å². The van der Waals surface area contributed by atoms with E-state index in [1.807, 2.05) is 12.1 Å². The van der Waals surface area contributed by atoms with Crippen molar-refractivity contribution >= 4 is 35.4 Å². The smallest absolute Gasteiger partial charge is 0.328 e. The summed E-state index contributed by atoms with van der Waals surface area (Å²) in [4.78, 5) is 26.8. The van der Waals surface area contributed by atoms with Crippen LogP contribution in [-0.2, 0) is 16.1 Å². The van der Waals surface area contributed by atoms with Crippen LogP contribution in [0.2, 0.25) is 0 Å². The maximum absolute atomic E-state index is 12.4. The second-order valence-electron chi connectivity index (χ2n) is 7.76. The van der Waals surface area contributed by atoms with E-state index in [1.165, 1.54) is 22.2 Å². The number of β-lactam (4-membered cyclic amide) rings is 1. The monoisotopic (exact) mass is 439 g/mol. The number of rotatable bonds is 10. The van der Waals surface area contributed by atoms with E-state index in [0.717, 1.165) is 35.6 Å². The van der Waals surface area contributed by atoms with Gasteiger partial charge in [-0.05, 0) is 39.3 Å². The van der Waals surface area contributed by atoms with Crippen LogP contribution in [0.25, 0.3) is 0 Å². The van der Waals surface area contributed by atoms with E-state index in [2.05, 4.69) is 32.9 Å². The van der Waals surface area contributed by atoms with Gasteiger partial charge in [-0.1, -0.05) is 12.1 Å². The molecule has 3 rings (SSSR count). The Labute approximate surface area is 181 Å². The average molecular weight is 440 g/mol. The number of carboxylic acid groups (broad SMARTS) is 1. The molecule has 2 aliphatic heterocycles. The second-order valence-corrected chi connectivity index (χ2v) is 10.5. The summed E-state index contributed by atoms with van der Waals surface area (Å²) in [6, 6.07) is 7.55. The molecule has 4 atom stereocenters. The van der Waals surface area contributed by atoms with Crippen LogP contribution in [0.3, 0.4) is 0 Å². The highest BCUT2D eigenvalue weighted by atomic mass is 32.2. The molecular formula is C21H31N2O4S2+. The molecule has 1 aromatic carbocycles. The van der Waals surface area contributed by atoms with E-state index in [-0.39, 0.29) is 28.4 Å². The lowest BCUT2D eigenvalue weighted by Gasteiger charge is -2.43. The van der Waals surface area contributed by atoms with Crippen molar-refractivity contribution in [3.8, 4) is 0 Å². The summed E-state index contributed by atoms with van der Waals surface area (Å²) < 4.78 is 0.778. The first-order valence-corrected chi connectivity index (χ1v) is 12.1. The molecule has 0 aromatic heterocycles. The van der Waals surface area contributed by atoms with Gasteiger partial charge in [0.15, 0.2) is 6.04 Å². The second kappa shape index (κ2) is 9.29. The number of aliphatic hydroxyl groups is 1. The maximum Gasteiger partial charge on any atom is 0.328 e. The summed E-state index contributed by atoms with van der Waals surface area (Å²) in [5.41, 5.74) is 1.26. The zero-order chi connectivity index (χ0) is 21.2. The van der Waals surface area contributed by atoms with Crippen LogP contribution in [0.4, 0.5) is 0 Å². The summed E-state index contributed by atoms with van der Waals surface area (Å²) in [6.07, 6.45) is 0.400. The van der Waals surface area contributed by atoms with Crippen LogP contribution in [0.5, 0.6) is 0 Å². The lowest BCUT2D eigenvalue weighted by atomic mass is 9.93. The maximum atomic E-state index is 12.4. The fourth-order valence-corrected chi connectivity index (χ4v) is 7.72. The number of benzene rings is 1. The van der Waals surface area contributed by atoms with Crippen LogP contribution in [0.1, 0.15) is 32.8 Å². The molecule has 2 heterocycles. The van der Waals surface area contributed by atoms with Crippen molar-refractivity contribution in [2.45, 2.75) is 54.6 Å². The van der Waals surface area contributed by atoms with Gasteiger partial charge in [-0.25, -0.2) is 4.79 Å². The quantitative estimate of drug-likeness (QED) is 0.431. The molecular weight excluding hydrogens is 408 g/mol. The molecule has 2 fully saturated rings. The lowest BCUT2D eigenvalue weighted by molar-refractivity contribution is -0.936. The van der Waals surface area contributed by atoms with E-state index in [1.54, 1.807) is 11.8 Å². The Hall–Kier alpha value is -1.22. The number of carbonyl (C=O) groups is 2. The number of quaternary nitrogens is 1. The normalized spacial score (nSPS) is 26.3. The molecule has 0 bridgehead atoms. The molecule has 160 valence electrons. The summed E-state index contributed by atoms with van der Waals surface area (Å²) in [6.45, 7) is 10.8. The van der Waals surface area contributed by atoms with E-state index in [9.17, 15) is 19.8 Å². The highest BCUT2D eigenvalue weighted by Crippen LogP contribution is 2.53. The number of carboxylic acids is 1. The van der Waals surface area contributed by atoms with Gasteiger partial charge in [0.1, 0.15) is 6.54 Å². The van der Waals surface area contributed by atoms with Gasteiger partial charge >= 0.3 is 5.97 Å². The first kappa shape index (κ1) is 22.5. The van der Waals surface area contributed by atoms with Crippen molar-refractivity contribution < 1.29 is 24.3 Å². The minimum absolute atomic E-state index is 0.0504. The SMILES string of the molecule is CC[N+](CC)(CC)Cc1cccc(SC2SC3[C@@H](CCO)C(=O)N3C2C(=O)O)c1. The molecule has 6 nitrogen and oxygen atoms in total. The van der Waals surface area contributed by atoms with Crippen LogP contribution in [0.15, 0.2) is 29.2 Å². The van der Waals surface area contributed by atoms with E-state index in [0.29, 0.717) is 6.42 Å². The number of nitrogens with zero attached hydrogens (tertiary/aromatic N) is 2. The predicted molar refractivity (Wildman–Crippen MR) is 117 cm³/mol. The van der Waals surface area contributed by atoms with Gasteiger partial charge in [0.2, 0.25) is 5.91 Å². The standard InChI is InChI=1S/C21H30N2O4S2/c1-4-23(5-2,6-3)13-14-8-7-9-15(12-14)28-21-17(20(26)27)22-18(25)16(10-11-24)19(22)29-21/h7-9,12,16-17,19,21,24H,4-6,10-11,13H2,1-3H3/p+1/t16-,17?,19?,21?/m0/s1.